The molecule has 0 spiro atoms. The van der Waals surface area contributed by atoms with Crippen molar-refractivity contribution in [2.24, 2.45) is 0 Å². The second-order valence-corrected chi connectivity index (χ2v) is 6.66. The molecular formula is C22H19N3O4. The maximum Gasteiger partial charge on any atom is 0.328 e. The summed E-state index contributed by atoms with van der Waals surface area (Å²) in [7, 11) is 0. The minimum atomic E-state index is -1.00. The predicted molar refractivity (Wildman–Crippen MR) is 107 cm³/mol. The van der Waals surface area contributed by atoms with Crippen molar-refractivity contribution >= 4 is 12.0 Å². The van der Waals surface area contributed by atoms with E-state index in [9.17, 15) is 10.1 Å². The molecule has 7 heteroatoms. The van der Waals surface area contributed by atoms with Gasteiger partial charge in [0, 0.05) is 17.2 Å². The summed E-state index contributed by atoms with van der Waals surface area (Å²) in [5, 5.41) is 22.2. The first-order chi connectivity index (χ1) is 13.9. The monoisotopic (exact) mass is 389 g/mol. The summed E-state index contributed by atoms with van der Waals surface area (Å²) >= 11 is 0. The van der Waals surface area contributed by atoms with Gasteiger partial charge in [-0.3, -0.25) is 0 Å². The fourth-order valence-corrected chi connectivity index (χ4v) is 2.77. The van der Waals surface area contributed by atoms with Crippen molar-refractivity contribution in [1.29, 1.82) is 5.26 Å². The lowest BCUT2D eigenvalue weighted by atomic mass is 10.0. The number of hydrogen-bond acceptors (Lipinski definition) is 6. The number of aromatic nitrogens is 2. The minimum Gasteiger partial charge on any atom is -0.490 e. The highest BCUT2D eigenvalue weighted by atomic mass is 16.5. The molecule has 0 aliphatic carbocycles. The van der Waals surface area contributed by atoms with Gasteiger partial charge in [0.1, 0.15) is 11.8 Å². The molecule has 1 heterocycles. The normalized spacial score (nSPS) is 11.0. The van der Waals surface area contributed by atoms with Gasteiger partial charge in [-0.25, -0.2) is 4.79 Å². The van der Waals surface area contributed by atoms with Crippen LogP contribution in [0.5, 0.6) is 5.75 Å². The Kier molecular flexibility index (Phi) is 5.74. The predicted octanol–water partition coefficient (Wildman–Crippen LogP) is 4.47. The fraction of sp³-hybridized carbons (Fsp3) is 0.182. The summed E-state index contributed by atoms with van der Waals surface area (Å²) in [6, 6.07) is 12.7. The zero-order valence-electron chi connectivity index (χ0n) is 16.2. The Morgan fingerprint density at radius 2 is 2.07 bits per heavy atom. The highest BCUT2D eigenvalue weighted by molar-refractivity contribution is 5.85. The van der Waals surface area contributed by atoms with Crippen LogP contribution in [0.4, 0.5) is 0 Å². The number of hydrogen-bond donors (Lipinski definition) is 1. The number of ether oxygens (including phenoxy) is 1. The zero-order valence-corrected chi connectivity index (χ0v) is 16.2. The van der Waals surface area contributed by atoms with E-state index in [-0.39, 0.29) is 6.10 Å². The first kappa shape index (κ1) is 19.8. The van der Waals surface area contributed by atoms with Gasteiger partial charge in [-0.2, -0.15) is 10.2 Å². The molecule has 0 saturated heterocycles. The highest BCUT2D eigenvalue weighted by Gasteiger charge is 2.15. The topological polar surface area (TPSA) is 109 Å². The summed E-state index contributed by atoms with van der Waals surface area (Å²) in [6.07, 6.45) is 2.56. The largest absolute Gasteiger partial charge is 0.490 e. The molecule has 3 rings (SSSR count). The number of carboxylic acids is 1. The van der Waals surface area contributed by atoms with Gasteiger partial charge in [0.2, 0.25) is 5.82 Å². The van der Waals surface area contributed by atoms with E-state index in [0.29, 0.717) is 28.6 Å². The second kappa shape index (κ2) is 8.40. The Bertz CT molecular complexity index is 1120. The van der Waals surface area contributed by atoms with Gasteiger partial charge in [0.05, 0.1) is 11.7 Å². The Labute approximate surface area is 167 Å². The molecule has 0 unspecified atom stereocenters. The van der Waals surface area contributed by atoms with Crippen molar-refractivity contribution in [1.82, 2.24) is 10.1 Å². The van der Waals surface area contributed by atoms with Gasteiger partial charge in [0.25, 0.3) is 5.89 Å². The van der Waals surface area contributed by atoms with Crippen LogP contribution in [-0.2, 0) is 4.79 Å². The van der Waals surface area contributed by atoms with Gasteiger partial charge in [-0.1, -0.05) is 23.4 Å². The standard InChI is InChI=1S/C22H19N3O4/c1-13(2)28-19-8-6-16(11-17(19)12-23)22-24-21(25-29-22)18-7-4-15(10-14(18)3)5-9-20(26)27/h4-11,13H,1-3H3,(H,26,27). The lowest BCUT2D eigenvalue weighted by Gasteiger charge is -2.11. The molecule has 1 N–H and O–H groups in total. The quantitative estimate of drug-likeness (QED) is 0.619. The van der Waals surface area contributed by atoms with Crippen LogP contribution in [0.3, 0.4) is 0 Å². The summed E-state index contributed by atoms with van der Waals surface area (Å²) in [5.74, 6) is 0.206. The molecule has 2 aromatic carbocycles. The number of aryl methyl sites for hydroxylation is 1. The molecule has 0 radical (unpaired) electrons. The van der Waals surface area contributed by atoms with E-state index in [1.54, 1.807) is 24.3 Å². The molecular weight excluding hydrogens is 370 g/mol. The Morgan fingerprint density at radius 3 is 2.72 bits per heavy atom. The number of carboxylic acid groups (broad SMARTS) is 1. The van der Waals surface area contributed by atoms with Crippen LogP contribution < -0.4 is 4.74 Å². The zero-order chi connectivity index (χ0) is 21.0. The van der Waals surface area contributed by atoms with Gasteiger partial charge < -0.3 is 14.4 Å². The molecule has 3 aromatic rings. The van der Waals surface area contributed by atoms with E-state index in [0.717, 1.165) is 22.8 Å². The van der Waals surface area contributed by atoms with Crippen molar-refractivity contribution in [3.8, 4) is 34.7 Å². The molecule has 0 aliphatic heterocycles. The third-order valence-corrected chi connectivity index (χ3v) is 4.05. The van der Waals surface area contributed by atoms with Crippen molar-refractivity contribution in [2.45, 2.75) is 26.9 Å². The molecule has 0 fully saturated rings. The molecule has 7 nitrogen and oxygen atoms in total. The summed E-state index contributed by atoms with van der Waals surface area (Å²) < 4.78 is 11.0. The number of rotatable bonds is 6. The molecule has 146 valence electrons. The van der Waals surface area contributed by atoms with Gasteiger partial charge >= 0.3 is 5.97 Å². The van der Waals surface area contributed by atoms with Crippen molar-refractivity contribution < 1.29 is 19.2 Å². The van der Waals surface area contributed by atoms with Gasteiger partial charge in [0.15, 0.2) is 0 Å². The Hall–Kier alpha value is -3.92. The number of nitrogens with zero attached hydrogens (tertiary/aromatic N) is 3. The van der Waals surface area contributed by atoms with Crippen molar-refractivity contribution in [2.75, 3.05) is 0 Å². The SMILES string of the molecule is Cc1cc(C=CC(=O)O)ccc1-c1noc(-c2ccc(OC(C)C)c(C#N)c2)n1. The third-order valence-electron chi connectivity index (χ3n) is 4.05. The van der Waals surface area contributed by atoms with E-state index in [2.05, 4.69) is 16.2 Å². The highest BCUT2D eigenvalue weighted by Crippen LogP contribution is 2.29. The maximum atomic E-state index is 10.7. The minimum absolute atomic E-state index is 0.0424. The van der Waals surface area contributed by atoms with E-state index in [1.807, 2.05) is 32.9 Å². The molecule has 0 aliphatic rings. The fourth-order valence-electron chi connectivity index (χ4n) is 2.77. The van der Waals surface area contributed by atoms with Crippen molar-refractivity contribution in [3.63, 3.8) is 0 Å². The van der Waals surface area contributed by atoms with E-state index in [1.165, 1.54) is 6.08 Å². The lowest BCUT2D eigenvalue weighted by molar-refractivity contribution is -0.131. The molecule has 29 heavy (non-hydrogen) atoms. The molecule has 0 bridgehead atoms. The van der Waals surface area contributed by atoms with E-state index >= 15 is 0 Å². The third kappa shape index (κ3) is 4.68. The van der Waals surface area contributed by atoms with Gasteiger partial charge in [-0.05, 0) is 56.2 Å². The average Bonchev–Trinajstić information content (AvgIpc) is 3.16. The molecule has 0 amide bonds. The second-order valence-electron chi connectivity index (χ2n) is 6.66. The number of aliphatic carboxylic acids is 1. The van der Waals surface area contributed by atoms with Gasteiger partial charge in [-0.15, -0.1) is 0 Å². The van der Waals surface area contributed by atoms with Crippen LogP contribution in [0, 0.1) is 18.3 Å². The summed E-state index contributed by atoms with van der Waals surface area (Å²) in [4.78, 5) is 15.1. The van der Waals surface area contributed by atoms with Crippen LogP contribution in [0.1, 0.15) is 30.5 Å². The van der Waals surface area contributed by atoms with E-state index < -0.39 is 5.97 Å². The van der Waals surface area contributed by atoms with Crippen LogP contribution in [0.2, 0.25) is 0 Å². The smallest absolute Gasteiger partial charge is 0.328 e. The van der Waals surface area contributed by atoms with Crippen LogP contribution in [-0.4, -0.2) is 27.3 Å². The average molecular weight is 389 g/mol. The Balaban J connectivity index is 1.90. The number of benzene rings is 2. The van der Waals surface area contributed by atoms with Crippen molar-refractivity contribution in [3.05, 3.63) is 59.2 Å². The summed E-state index contributed by atoms with van der Waals surface area (Å²) in [6.45, 7) is 5.67. The molecule has 0 atom stereocenters. The number of carbonyl (C=O) groups is 1. The molecule has 1 aromatic heterocycles. The Morgan fingerprint density at radius 1 is 1.28 bits per heavy atom. The van der Waals surface area contributed by atoms with E-state index in [4.69, 9.17) is 14.4 Å². The van der Waals surface area contributed by atoms with Crippen LogP contribution >= 0.6 is 0 Å². The number of nitriles is 1. The first-order valence-corrected chi connectivity index (χ1v) is 8.94. The first-order valence-electron chi connectivity index (χ1n) is 8.94. The molecule has 0 saturated carbocycles. The van der Waals surface area contributed by atoms with Crippen LogP contribution in [0.15, 0.2) is 47.0 Å². The summed E-state index contributed by atoms with van der Waals surface area (Å²) in [5.41, 5.74) is 3.42. The maximum absolute atomic E-state index is 10.7. The van der Waals surface area contributed by atoms with Crippen LogP contribution in [0.25, 0.3) is 28.9 Å². The lowest BCUT2D eigenvalue weighted by Crippen LogP contribution is -2.06.